The second-order valence-corrected chi connectivity index (χ2v) is 4.97. The van der Waals surface area contributed by atoms with Gasteiger partial charge in [0.05, 0.1) is 12.8 Å². The van der Waals surface area contributed by atoms with Gasteiger partial charge in [0.2, 0.25) is 0 Å². The van der Waals surface area contributed by atoms with Crippen molar-refractivity contribution in [3.8, 4) is 0 Å². The molecule has 0 bridgehead atoms. The molecule has 0 fully saturated rings. The first kappa shape index (κ1) is 14.4. The van der Waals surface area contributed by atoms with E-state index in [1.807, 2.05) is 25.2 Å². The molecule has 0 unspecified atom stereocenters. The molecule has 0 amide bonds. The van der Waals surface area contributed by atoms with E-state index in [0.717, 1.165) is 29.8 Å². The summed E-state index contributed by atoms with van der Waals surface area (Å²) in [6, 6.07) is 5.85. The molecule has 0 aliphatic carbocycles. The summed E-state index contributed by atoms with van der Waals surface area (Å²) in [5.41, 5.74) is 0. The summed E-state index contributed by atoms with van der Waals surface area (Å²) in [5, 5.41) is 3.10. The quantitative estimate of drug-likeness (QED) is 0.876. The summed E-state index contributed by atoms with van der Waals surface area (Å²) in [6.07, 6.45) is 1.70. The Balaban J connectivity index is 2.30. The zero-order valence-corrected chi connectivity index (χ0v) is 12.6. The number of nitrogens with zero attached hydrogens (tertiary/aromatic N) is 3. The third-order valence-corrected chi connectivity index (χ3v) is 3.13. The third kappa shape index (κ3) is 3.29. The molecule has 20 heavy (non-hydrogen) atoms. The average Bonchev–Trinajstić information content (AvgIpc) is 2.97. The summed E-state index contributed by atoms with van der Waals surface area (Å²) in [4.78, 5) is 11.3. The summed E-state index contributed by atoms with van der Waals surface area (Å²) in [5.74, 6) is 3.85. The summed E-state index contributed by atoms with van der Waals surface area (Å²) in [7, 11) is 1.87. The third-order valence-electron chi connectivity index (χ3n) is 3.13. The van der Waals surface area contributed by atoms with Crippen LogP contribution >= 0.6 is 0 Å². The molecule has 0 aliphatic rings. The van der Waals surface area contributed by atoms with Gasteiger partial charge < -0.3 is 14.6 Å². The zero-order chi connectivity index (χ0) is 14.5. The van der Waals surface area contributed by atoms with Gasteiger partial charge in [0.1, 0.15) is 23.2 Å². The normalized spacial score (nSPS) is 10.8. The minimum absolute atomic E-state index is 0.296. The highest BCUT2D eigenvalue weighted by atomic mass is 16.3. The van der Waals surface area contributed by atoms with Crippen LogP contribution in [0.1, 0.15) is 38.3 Å². The predicted octanol–water partition coefficient (Wildman–Crippen LogP) is 3.26. The van der Waals surface area contributed by atoms with Crippen molar-refractivity contribution >= 4 is 11.6 Å². The Kier molecular flexibility index (Phi) is 4.61. The van der Waals surface area contributed by atoms with Crippen molar-refractivity contribution in [1.29, 1.82) is 0 Å². The molecule has 0 atom stereocenters. The molecular weight excluding hydrogens is 252 g/mol. The van der Waals surface area contributed by atoms with E-state index in [-0.39, 0.29) is 0 Å². The monoisotopic (exact) mass is 274 g/mol. The number of hydrogen-bond acceptors (Lipinski definition) is 5. The molecule has 0 saturated heterocycles. The van der Waals surface area contributed by atoms with Crippen molar-refractivity contribution in [2.45, 2.75) is 33.2 Å². The summed E-state index contributed by atoms with van der Waals surface area (Å²) in [6.45, 7) is 7.88. The van der Waals surface area contributed by atoms with Crippen LogP contribution < -0.4 is 10.2 Å². The molecule has 108 valence electrons. The first-order chi connectivity index (χ1) is 9.63. The molecule has 5 nitrogen and oxygen atoms in total. The Labute approximate surface area is 120 Å². The minimum atomic E-state index is 0.296. The van der Waals surface area contributed by atoms with Crippen molar-refractivity contribution in [3.63, 3.8) is 0 Å². The number of furan rings is 1. The van der Waals surface area contributed by atoms with Gasteiger partial charge in [0, 0.05) is 25.6 Å². The van der Waals surface area contributed by atoms with Crippen LogP contribution in [0.4, 0.5) is 11.6 Å². The molecular formula is C15H22N4O. The smallest absolute Gasteiger partial charge is 0.135 e. The molecule has 0 aromatic carbocycles. The van der Waals surface area contributed by atoms with E-state index in [2.05, 4.69) is 41.0 Å². The van der Waals surface area contributed by atoms with Crippen LogP contribution in [0.2, 0.25) is 0 Å². The van der Waals surface area contributed by atoms with Crippen LogP contribution in [0.25, 0.3) is 0 Å². The van der Waals surface area contributed by atoms with E-state index in [9.17, 15) is 0 Å². The van der Waals surface area contributed by atoms with Gasteiger partial charge in [-0.15, -0.1) is 0 Å². The summed E-state index contributed by atoms with van der Waals surface area (Å²) < 4.78 is 5.42. The van der Waals surface area contributed by atoms with E-state index in [4.69, 9.17) is 4.42 Å². The van der Waals surface area contributed by atoms with Crippen molar-refractivity contribution in [3.05, 3.63) is 36.0 Å². The Morgan fingerprint density at radius 1 is 1.35 bits per heavy atom. The van der Waals surface area contributed by atoms with E-state index in [1.54, 1.807) is 6.26 Å². The topological polar surface area (TPSA) is 54.2 Å². The zero-order valence-electron chi connectivity index (χ0n) is 12.6. The van der Waals surface area contributed by atoms with Gasteiger partial charge in [-0.1, -0.05) is 13.8 Å². The molecule has 2 aromatic rings. The molecule has 0 saturated carbocycles. The Bertz CT molecular complexity index is 537. The van der Waals surface area contributed by atoms with Crippen LogP contribution in [0.15, 0.2) is 28.9 Å². The molecule has 5 heteroatoms. The lowest BCUT2D eigenvalue weighted by molar-refractivity contribution is 0.502. The lowest BCUT2D eigenvalue weighted by Crippen LogP contribution is -2.24. The molecule has 1 N–H and O–H groups in total. The van der Waals surface area contributed by atoms with Gasteiger partial charge >= 0.3 is 0 Å². The Hall–Kier alpha value is -2.04. The van der Waals surface area contributed by atoms with Crippen molar-refractivity contribution in [2.24, 2.45) is 0 Å². The lowest BCUT2D eigenvalue weighted by atomic mass is 10.2. The van der Waals surface area contributed by atoms with E-state index >= 15 is 0 Å². The molecule has 0 radical (unpaired) electrons. The molecule has 2 aromatic heterocycles. The number of rotatable bonds is 6. The number of nitrogens with one attached hydrogen (secondary N) is 1. The van der Waals surface area contributed by atoms with Gasteiger partial charge in [0.25, 0.3) is 0 Å². The van der Waals surface area contributed by atoms with Crippen LogP contribution in [-0.4, -0.2) is 23.6 Å². The van der Waals surface area contributed by atoms with Gasteiger partial charge in [-0.3, -0.25) is 0 Å². The van der Waals surface area contributed by atoms with Crippen molar-refractivity contribution < 1.29 is 4.42 Å². The first-order valence-electron chi connectivity index (χ1n) is 6.98. The maximum Gasteiger partial charge on any atom is 0.135 e. The highest BCUT2D eigenvalue weighted by Gasteiger charge is 2.13. The van der Waals surface area contributed by atoms with E-state index in [0.29, 0.717) is 12.5 Å². The molecule has 0 aliphatic heterocycles. The van der Waals surface area contributed by atoms with Crippen molar-refractivity contribution in [2.75, 3.05) is 23.8 Å². The Morgan fingerprint density at radius 2 is 2.15 bits per heavy atom. The highest BCUT2D eigenvalue weighted by Crippen LogP contribution is 2.21. The summed E-state index contributed by atoms with van der Waals surface area (Å²) >= 11 is 0. The first-order valence-corrected chi connectivity index (χ1v) is 6.98. The fourth-order valence-corrected chi connectivity index (χ4v) is 1.95. The number of aromatic nitrogens is 2. The SMILES string of the molecule is CCN(Cc1ccco1)c1cc(NC)nc(C(C)C)n1. The molecule has 2 rings (SSSR count). The molecule has 2 heterocycles. The second-order valence-electron chi connectivity index (χ2n) is 4.97. The Morgan fingerprint density at radius 3 is 2.70 bits per heavy atom. The maximum atomic E-state index is 5.42. The predicted molar refractivity (Wildman–Crippen MR) is 81.1 cm³/mol. The van der Waals surface area contributed by atoms with Crippen LogP contribution in [0.3, 0.4) is 0 Å². The van der Waals surface area contributed by atoms with Crippen LogP contribution in [0, 0.1) is 0 Å². The average molecular weight is 274 g/mol. The van der Waals surface area contributed by atoms with Crippen molar-refractivity contribution in [1.82, 2.24) is 9.97 Å². The number of hydrogen-bond donors (Lipinski definition) is 1. The van der Waals surface area contributed by atoms with Crippen LogP contribution in [-0.2, 0) is 6.54 Å². The maximum absolute atomic E-state index is 5.42. The highest BCUT2D eigenvalue weighted by molar-refractivity contribution is 5.49. The fraction of sp³-hybridized carbons (Fsp3) is 0.467. The minimum Gasteiger partial charge on any atom is -0.467 e. The molecule has 0 spiro atoms. The van der Waals surface area contributed by atoms with Crippen LogP contribution in [0.5, 0.6) is 0 Å². The second kappa shape index (κ2) is 6.41. The standard InChI is InChI=1S/C15H22N4O/c1-5-19(10-12-7-6-8-20-12)14-9-13(16-4)17-15(18-14)11(2)3/h6-9,11H,5,10H2,1-4H3,(H,16,17,18). The van der Waals surface area contributed by atoms with E-state index in [1.165, 1.54) is 0 Å². The van der Waals surface area contributed by atoms with Gasteiger partial charge in [-0.25, -0.2) is 9.97 Å². The number of anilines is 2. The van der Waals surface area contributed by atoms with Gasteiger partial charge in [0.15, 0.2) is 0 Å². The van der Waals surface area contributed by atoms with E-state index < -0.39 is 0 Å². The van der Waals surface area contributed by atoms with Gasteiger partial charge in [-0.2, -0.15) is 0 Å². The van der Waals surface area contributed by atoms with Gasteiger partial charge in [-0.05, 0) is 19.1 Å². The fourth-order valence-electron chi connectivity index (χ4n) is 1.95. The largest absolute Gasteiger partial charge is 0.467 e. The lowest BCUT2D eigenvalue weighted by Gasteiger charge is -2.22.